The summed E-state index contributed by atoms with van der Waals surface area (Å²) in [6.45, 7) is 14.9. The Kier molecular flexibility index (Phi) is 20.2. The van der Waals surface area contributed by atoms with Crippen LogP contribution in [0, 0.1) is 17.8 Å². The minimum Gasteiger partial charge on any atom is -0.480 e. The van der Waals surface area contributed by atoms with E-state index in [9.17, 15) is 38.7 Å². The number of hydrogen-bond acceptors (Lipinski definition) is 9. The molecule has 292 valence electrons. The second-order valence-electron chi connectivity index (χ2n) is 13.7. The van der Waals surface area contributed by atoms with Crippen LogP contribution >= 0.6 is 0 Å². The highest BCUT2D eigenvalue weighted by atomic mass is 16.5. The molecular weight excluding hydrogens is 672 g/mol. The molecule has 0 heterocycles. The predicted octanol–water partition coefficient (Wildman–Crippen LogP) is 1.74. The Morgan fingerprint density at radius 1 is 0.712 bits per heavy atom. The van der Waals surface area contributed by atoms with Crippen molar-refractivity contribution >= 4 is 41.5 Å². The summed E-state index contributed by atoms with van der Waals surface area (Å²) in [6, 6.07) is 2.62. The molecule has 1 aromatic carbocycles. The lowest BCUT2D eigenvalue weighted by molar-refractivity contribution is -0.148. The standard InChI is InChI=1S/C37H60N6O9/c1-10-24(8)32(42-35(48)31(38-9)23(6)7)36(49)40-26(19-29(44)43(11-2)12-3)33(46)39-27(34(47)41-28(37(50)51)18-22(4)5)20-30(45)52-21-25-16-14-13-15-17-25/h13-17,22-24,26-28,31-32,38H,10-12,18-21H2,1-9H3,(H,39,46)(H,40,49)(H,41,47)(H,42,48)(H,50,51)/t24-,26-,27-,28-,31-,32-/m0/s1. The highest BCUT2D eigenvalue weighted by Crippen LogP contribution is 2.13. The van der Waals surface area contributed by atoms with Gasteiger partial charge < -0.3 is 41.3 Å². The molecule has 15 nitrogen and oxygen atoms in total. The normalized spacial score (nSPS) is 14.6. The quantitative estimate of drug-likeness (QED) is 0.0898. The molecule has 1 aromatic rings. The van der Waals surface area contributed by atoms with Gasteiger partial charge in [-0.05, 0) is 50.6 Å². The van der Waals surface area contributed by atoms with Crippen molar-refractivity contribution in [2.45, 2.75) is 118 Å². The number of carbonyl (C=O) groups is 7. The first-order chi connectivity index (χ1) is 24.5. The lowest BCUT2D eigenvalue weighted by Gasteiger charge is -2.30. The van der Waals surface area contributed by atoms with Crippen molar-refractivity contribution in [1.29, 1.82) is 0 Å². The minimum atomic E-state index is -1.62. The van der Waals surface area contributed by atoms with E-state index in [1.807, 2.05) is 20.8 Å². The van der Waals surface area contributed by atoms with Crippen LogP contribution in [-0.4, -0.2) is 102 Å². The summed E-state index contributed by atoms with van der Waals surface area (Å²) in [5.74, 6) is -6.27. The van der Waals surface area contributed by atoms with Crippen LogP contribution in [0.25, 0.3) is 0 Å². The SMILES string of the molecule is CC[C@H](C)[C@H](NC(=O)[C@@H](NC)C(C)C)C(=O)N[C@@H](CC(=O)N(CC)CC)C(=O)N[C@@H](CC(=O)OCc1ccccc1)C(=O)N[C@@H](CC(C)C)C(=O)O. The average Bonchev–Trinajstić information content (AvgIpc) is 3.09. The van der Waals surface area contributed by atoms with Gasteiger partial charge >= 0.3 is 11.9 Å². The van der Waals surface area contributed by atoms with Gasteiger partial charge in [-0.1, -0.05) is 78.3 Å². The maximum atomic E-state index is 14.0. The number of nitrogens with zero attached hydrogens (tertiary/aromatic N) is 1. The number of carboxylic acid groups (broad SMARTS) is 1. The largest absolute Gasteiger partial charge is 0.480 e. The van der Waals surface area contributed by atoms with E-state index in [4.69, 9.17) is 4.74 Å². The van der Waals surface area contributed by atoms with Crippen molar-refractivity contribution in [1.82, 2.24) is 31.5 Å². The number of nitrogens with one attached hydrogen (secondary N) is 5. The summed E-state index contributed by atoms with van der Waals surface area (Å²) < 4.78 is 5.35. The molecule has 6 atom stereocenters. The molecule has 52 heavy (non-hydrogen) atoms. The summed E-state index contributed by atoms with van der Waals surface area (Å²) >= 11 is 0. The van der Waals surface area contributed by atoms with Gasteiger partial charge in [0.2, 0.25) is 29.5 Å². The topological polar surface area (TPSA) is 212 Å². The Balaban J connectivity index is 3.48. The monoisotopic (exact) mass is 732 g/mol. The number of ether oxygens (including phenoxy) is 1. The Morgan fingerprint density at radius 3 is 1.71 bits per heavy atom. The van der Waals surface area contributed by atoms with Crippen LogP contribution in [0.2, 0.25) is 0 Å². The third-order valence-corrected chi connectivity index (χ3v) is 8.75. The molecule has 0 aliphatic rings. The average molecular weight is 733 g/mol. The first-order valence-corrected chi connectivity index (χ1v) is 18.1. The number of aliphatic carboxylic acids is 1. The zero-order valence-electron chi connectivity index (χ0n) is 32.1. The second-order valence-corrected chi connectivity index (χ2v) is 13.7. The molecule has 0 unspecified atom stereocenters. The lowest BCUT2D eigenvalue weighted by atomic mass is 9.96. The molecule has 0 saturated carbocycles. The van der Waals surface area contributed by atoms with Gasteiger partial charge in [-0.25, -0.2) is 4.79 Å². The number of carbonyl (C=O) groups excluding carboxylic acids is 6. The molecule has 0 saturated heterocycles. The van der Waals surface area contributed by atoms with E-state index in [0.717, 1.165) is 0 Å². The van der Waals surface area contributed by atoms with Crippen molar-refractivity contribution in [3.63, 3.8) is 0 Å². The maximum Gasteiger partial charge on any atom is 0.326 e. The van der Waals surface area contributed by atoms with Crippen molar-refractivity contribution in [3.8, 4) is 0 Å². The lowest BCUT2D eigenvalue weighted by Crippen LogP contribution is -2.60. The van der Waals surface area contributed by atoms with Crippen LogP contribution in [0.15, 0.2) is 30.3 Å². The molecule has 5 amide bonds. The Bertz CT molecular complexity index is 1340. The van der Waals surface area contributed by atoms with Gasteiger partial charge in [-0.2, -0.15) is 0 Å². The predicted molar refractivity (Wildman–Crippen MR) is 195 cm³/mol. The molecule has 6 N–H and O–H groups in total. The smallest absolute Gasteiger partial charge is 0.326 e. The fraction of sp³-hybridized carbons (Fsp3) is 0.649. The van der Waals surface area contributed by atoms with E-state index >= 15 is 0 Å². The van der Waals surface area contributed by atoms with Gasteiger partial charge in [0.05, 0.1) is 18.9 Å². The van der Waals surface area contributed by atoms with E-state index in [1.54, 1.807) is 72.0 Å². The number of likely N-dealkylation sites (N-methyl/N-ethyl adjacent to an activating group) is 1. The van der Waals surface area contributed by atoms with Crippen LogP contribution in [0.3, 0.4) is 0 Å². The van der Waals surface area contributed by atoms with E-state index in [0.29, 0.717) is 25.1 Å². The van der Waals surface area contributed by atoms with Crippen LogP contribution in [0.5, 0.6) is 0 Å². The van der Waals surface area contributed by atoms with Gasteiger partial charge in [0.15, 0.2) is 0 Å². The van der Waals surface area contributed by atoms with Crippen molar-refractivity contribution in [3.05, 3.63) is 35.9 Å². The van der Waals surface area contributed by atoms with Crippen LogP contribution in [0.4, 0.5) is 0 Å². The molecule has 0 fully saturated rings. The Labute approximate surface area is 307 Å². The van der Waals surface area contributed by atoms with E-state index in [2.05, 4.69) is 26.6 Å². The molecule has 0 radical (unpaired) electrons. The van der Waals surface area contributed by atoms with Crippen LogP contribution in [-0.2, 0) is 44.9 Å². The van der Waals surface area contributed by atoms with Crippen LogP contribution < -0.4 is 26.6 Å². The molecule has 1 rings (SSSR count). The summed E-state index contributed by atoms with van der Waals surface area (Å²) in [4.78, 5) is 94.2. The van der Waals surface area contributed by atoms with Gasteiger partial charge in [-0.15, -0.1) is 0 Å². The fourth-order valence-electron chi connectivity index (χ4n) is 5.47. The van der Waals surface area contributed by atoms with E-state index in [-0.39, 0.29) is 30.8 Å². The fourth-order valence-corrected chi connectivity index (χ4v) is 5.47. The summed E-state index contributed by atoms with van der Waals surface area (Å²) in [6.07, 6.45) is -0.599. The zero-order chi connectivity index (χ0) is 39.5. The van der Waals surface area contributed by atoms with Crippen molar-refractivity contribution < 1.29 is 43.4 Å². The Hall–Kier alpha value is -4.53. The van der Waals surface area contributed by atoms with Gasteiger partial charge in [0, 0.05) is 13.1 Å². The minimum absolute atomic E-state index is 0.0746. The summed E-state index contributed by atoms with van der Waals surface area (Å²) in [5, 5.41) is 23.0. The van der Waals surface area contributed by atoms with Crippen LogP contribution in [0.1, 0.15) is 86.6 Å². The number of rotatable bonds is 23. The van der Waals surface area contributed by atoms with Gasteiger partial charge in [0.25, 0.3) is 0 Å². The molecule has 0 aliphatic heterocycles. The second kappa shape index (κ2) is 23.1. The van der Waals surface area contributed by atoms with E-state index in [1.165, 1.54) is 4.90 Å². The molecule has 0 aliphatic carbocycles. The molecule has 15 heteroatoms. The number of hydrogen-bond donors (Lipinski definition) is 6. The molecule has 0 aromatic heterocycles. The first kappa shape index (κ1) is 45.5. The Morgan fingerprint density at radius 2 is 1.23 bits per heavy atom. The van der Waals surface area contributed by atoms with Gasteiger partial charge in [-0.3, -0.25) is 28.8 Å². The highest BCUT2D eigenvalue weighted by molar-refractivity contribution is 5.98. The highest BCUT2D eigenvalue weighted by Gasteiger charge is 2.36. The van der Waals surface area contributed by atoms with Gasteiger partial charge in [0.1, 0.15) is 30.8 Å². The van der Waals surface area contributed by atoms with Crippen molar-refractivity contribution in [2.75, 3.05) is 20.1 Å². The van der Waals surface area contributed by atoms with Crippen molar-refractivity contribution in [2.24, 2.45) is 17.8 Å². The third kappa shape index (κ3) is 15.4. The number of amides is 5. The third-order valence-electron chi connectivity index (χ3n) is 8.75. The number of benzene rings is 1. The summed E-state index contributed by atoms with van der Waals surface area (Å²) in [5.41, 5.74) is 0.679. The summed E-state index contributed by atoms with van der Waals surface area (Å²) in [7, 11) is 1.63. The zero-order valence-corrected chi connectivity index (χ0v) is 32.1. The molecular formula is C37H60N6O9. The molecule has 0 spiro atoms. The molecule has 0 bridgehead atoms. The number of esters is 1. The maximum absolute atomic E-state index is 14.0. The number of carboxylic acids is 1. The first-order valence-electron chi connectivity index (χ1n) is 18.1. The van der Waals surface area contributed by atoms with E-state index < -0.39 is 84.5 Å².